The van der Waals surface area contributed by atoms with Crippen molar-refractivity contribution in [2.45, 2.75) is 11.8 Å². The lowest BCUT2D eigenvalue weighted by Crippen LogP contribution is -2.48. The first-order chi connectivity index (χ1) is 15.3. The van der Waals surface area contributed by atoms with Crippen LogP contribution in [0.15, 0.2) is 64.1 Å². The number of sulfonamides is 1. The molecule has 32 heavy (non-hydrogen) atoms. The number of halogens is 2. The van der Waals surface area contributed by atoms with Crippen molar-refractivity contribution in [1.29, 1.82) is 0 Å². The van der Waals surface area contributed by atoms with Crippen molar-refractivity contribution in [3.8, 4) is 5.75 Å². The maximum absolute atomic E-state index is 13.1. The molecule has 2 aromatic carbocycles. The molecule has 1 aliphatic rings. The van der Waals surface area contributed by atoms with E-state index in [4.69, 9.17) is 32.4 Å². The predicted octanol–water partition coefficient (Wildman–Crippen LogP) is 4.62. The summed E-state index contributed by atoms with van der Waals surface area (Å²) >= 11 is 12.1. The van der Waals surface area contributed by atoms with E-state index < -0.39 is 16.0 Å². The number of anilines is 1. The van der Waals surface area contributed by atoms with Crippen molar-refractivity contribution in [3.05, 3.63) is 76.2 Å². The van der Waals surface area contributed by atoms with Crippen LogP contribution in [0.2, 0.25) is 10.0 Å². The first kappa shape index (κ1) is 22.7. The van der Waals surface area contributed by atoms with Crippen LogP contribution in [-0.2, 0) is 10.0 Å². The number of carbonyl (C=O) groups excluding carboxylic acids is 1. The van der Waals surface area contributed by atoms with Gasteiger partial charge in [-0.15, -0.1) is 0 Å². The Hall–Kier alpha value is -2.52. The summed E-state index contributed by atoms with van der Waals surface area (Å²) in [7, 11) is -3.77. The molecule has 10 heteroatoms. The third kappa shape index (κ3) is 4.63. The molecule has 0 unspecified atom stereocenters. The molecule has 7 nitrogen and oxygen atoms in total. The third-order valence-electron chi connectivity index (χ3n) is 5.20. The molecule has 1 saturated heterocycles. The maximum Gasteiger partial charge on any atom is 0.379 e. The molecular weight excluding hydrogens is 475 g/mol. The van der Waals surface area contributed by atoms with Gasteiger partial charge in [-0.05, 0) is 48.9 Å². The molecule has 0 saturated carbocycles. The zero-order valence-electron chi connectivity index (χ0n) is 17.1. The fraction of sp³-hybridized carbons (Fsp3) is 0.227. The summed E-state index contributed by atoms with van der Waals surface area (Å²) in [6, 6.07) is 12.9. The number of piperazine rings is 1. The minimum absolute atomic E-state index is 0.00290. The highest BCUT2D eigenvalue weighted by atomic mass is 35.5. The molecule has 1 fully saturated rings. The van der Waals surface area contributed by atoms with Crippen molar-refractivity contribution >= 4 is 44.9 Å². The Bertz CT molecular complexity index is 1240. The summed E-state index contributed by atoms with van der Waals surface area (Å²) in [4.78, 5) is 14.2. The van der Waals surface area contributed by atoms with Gasteiger partial charge in [-0.1, -0.05) is 29.3 Å². The topological polar surface area (TPSA) is 80.1 Å². The van der Waals surface area contributed by atoms with Crippen LogP contribution < -0.4 is 9.64 Å². The van der Waals surface area contributed by atoms with Crippen molar-refractivity contribution in [3.63, 3.8) is 0 Å². The number of hydrogen-bond donors (Lipinski definition) is 0. The Balaban J connectivity index is 1.48. The Morgan fingerprint density at radius 2 is 1.78 bits per heavy atom. The summed E-state index contributed by atoms with van der Waals surface area (Å²) in [6.07, 6.45) is 1.40. The fourth-order valence-electron chi connectivity index (χ4n) is 3.53. The number of benzene rings is 2. The van der Waals surface area contributed by atoms with Gasteiger partial charge in [-0.2, -0.15) is 4.31 Å². The van der Waals surface area contributed by atoms with Gasteiger partial charge in [-0.3, -0.25) is 0 Å². The van der Waals surface area contributed by atoms with Crippen LogP contribution in [-0.4, -0.2) is 44.9 Å². The smallest absolute Gasteiger partial charge is 0.379 e. The van der Waals surface area contributed by atoms with E-state index in [0.717, 1.165) is 11.3 Å². The first-order valence-electron chi connectivity index (χ1n) is 9.82. The molecule has 0 N–H and O–H groups in total. The second-order valence-electron chi connectivity index (χ2n) is 7.28. The van der Waals surface area contributed by atoms with E-state index in [1.165, 1.54) is 28.8 Å². The number of carbonyl (C=O) groups is 1. The van der Waals surface area contributed by atoms with Crippen LogP contribution in [0.25, 0.3) is 0 Å². The molecule has 0 bridgehead atoms. The first-order valence-corrected chi connectivity index (χ1v) is 12.0. The average Bonchev–Trinajstić information content (AvgIpc) is 3.32. The number of furan rings is 1. The standard InChI is InChI=1S/C22H20Cl2N2O5S/c1-15-4-6-17(31-22(27)20-3-2-12-30-20)14-19(15)25-8-10-26(11-9-25)32(28,29)21-13-16(23)5-7-18(21)24/h2-7,12-14H,8-11H2,1H3. The van der Waals surface area contributed by atoms with E-state index in [-0.39, 0.29) is 28.8 Å². The summed E-state index contributed by atoms with van der Waals surface area (Å²) in [5.41, 5.74) is 1.85. The zero-order chi connectivity index (χ0) is 22.9. The predicted molar refractivity (Wildman–Crippen MR) is 122 cm³/mol. The summed E-state index contributed by atoms with van der Waals surface area (Å²) in [6.45, 7) is 3.44. The van der Waals surface area contributed by atoms with Crippen LogP contribution >= 0.6 is 23.2 Å². The van der Waals surface area contributed by atoms with Crippen LogP contribution in [0.4, 0.5) is 5.69 Å². The highest BCUT2D eigenvalue weighted by Crippen LogP contribution is 2.31. The Morgan fingerprint density at radius 3 is 2.47 bits per heavy atom. The van der Waals surface area contributed by atoms with Gasteiger partial charge in [0, 0.05) is 43.0 Å². The number of nitrogens with zero attached hydrogens (tertiary/aromatic N) is 2. The van der Waals surface area contributed by atoms with Crippen molar-refractivity contribution in [2.24, 2.45) is 0 Å². The minimum Gasteiger partial charge on any atom is -0.457 e. The molecule has 0 atom stereocenters. The molecule has 1 aliphatic heterocycles. The SMILES string of the molecule is Cc1ccc(OC(=O)c2ccco2)cc1N1CCN(S(=O)(=O)c2cc(Cl)ccc2Cl)CC1. The molecule has 3 aromatic rings. The van der Waals surface area contributed by atoms with Crippen molar-refractivity contribution in [2.75, 3.05) is 31.1 Å². The molecule has 0 aliphatic carbocycles. The van der Waals surface area contributed by atoms with E-state index in [9.17, 15) is 13.2 Å². The van der Waals surface area contributed by atoms with Gasteiger partial charge in [0.15, 0.2) is 0 Å². The number of aryl methyl sites for hydroxylation is 1. The maximum atomic E-state index is 13.1. The molecule has 0 radical (unpaired) electrons. The average molecular weight is 495 g/mol. The lowest BCUT2D eigenvalue weighted by Gasteiger charge is -2.36. The van der Waals surface area contributed by atoms with Gasteiger partial charge in [0.1, 0.15) is 10.6 Å². The molecule has 4 rings (SSSR count). The normalized spacial score (nSPS) is 15.0. The second kappa shape index (κ2) is 9.15. The summed E-state index contributed by atoms with van der Waals surface area (Å²) < 4.78 is 38.0. The second-order valence-corrected chi connectivity index (χ2v) is 10.0. The van der Waals surface area contributed by atoms with E-state index in [2.05, 4.69) is 4.90 Å². The van der Waals surface area contributed by atoms with Crippen LogP contribution in [0.3, 0.4) is 0 Å². The Kier molecular flexibility index (Phi) is 6.48. The number of esters is 1. The Morgan fingerprint density at radius 1 is 1.03 bits per heavy atom. The highest BCUT2D eigenvalue weighted by molar-refractivity contribution is 7.89. The van der Waals surface area contributed by atoms with Crippen LogP contribution in [0.5, 0.6) is 5.75 Å². The van der Waals surface area contributed by atoms with Crippen LogP contribution in [0.1, 0.15) is 16.1 Å². The fourth-order valence-corrected chi connectivity index (χ4v) is 5.69. The number of rotatable bonds is 5. The number of hydrogen-bond acceptors (Lipinski definition) is 6. The quantitative estimate of drug-likeness (QED) is 0.380. The minimum atomic E-state index is -3.77. The van der Waals surface area contributed by atoms with Crippen molar-refractivity contribution in [1.82, 2.24) is 4.31 Å². The van der Waals surface area contributed by atoms with Crippen molar-refractivity contribution < 1.29 is 22.4 Å². The molecule has 1 aromatic heterocycles. The van der Waals surface area contributed by atoms with Gasteiger partial charge in [0.25, 0.3) is 0 Å². The third-order valence-corrected chi connectivity index (χ3v) is 7.82. The van der Waals surface area contributed by atoms with Gasteiger partial charge in [-0.25, -0.2) is 13.2 Å². The highest BCUT2D eigenvalue weighted by Gasteiger charge is 2.31. The molecule has 0 amide bonds. The van der Waals surface area contributed by atoms with E-state index in [0.29, 0.717) is 23.9 Å². The number of ether oxygens (including phenoxy) is 1. The monoisotopic (exact) mass is 494 g/mol. The lowest BCUT2D eigenvalue weighted by atomic mass is 10.1. The van der Waals surface area contributed by atoms with E-state index in [1.807, 2.05) is 13.0 Å². The summed E-state index contributed by atoms with van der Waals surface area (Å²) in [5, 5.41) is 0.446. The van der Waals surface area contributed by atoms with Gasteiger partial charge in [0.05, 0.1) is 11.3 Å². The van der Waals surface area contributed by atoms with Gasteiger partial charge in [0.2, 0.25) is 15.8 Å². The Labute approximate surface area is 196 Å². The zero-order valence-corrected chi connectivity index (χ0v) is 19.5. The molecular formula is C22H20Cl2N2O5S. The molecule has 0 spiro atoms. The van der Waals surface area contributed by atoms with Gasteiger partial charge < -0.3 is 14.1 Å². The molecule has 2 heterocycles. The lowest BCUT2D eigenvalue weighted by molar-refractivity contribution is 0.0701. The van der Waals surface area contributed by atoms with Crippen LogP contribution in [0, 0.1) is 6.92 Å². The van der Waals surface area contributed by atoms with E-state index in [1.54, 1.807) is 24.3 Å². The molecule has 168 valence electrons. The van der Waals surface area contributed by atoms with Gasteiger partial charge >= 0.3 is 5.97 Å². The van der Waals surface area contributed by atoms with E-state index >= 15 is 0 Å². The summed E-state index contributed by atoms with van der Waals surface area (Å²) in [5.74, 6) is -0.0856. The largest absolute Gasteiger partial charge is 0.457 e.